The number of halogens is 1. The predicted molar refractivity (Wildman–Crippen MR) is 70.7 cm³/mol. The summed E-state index contributed by atoms with van der Waals surface area (Å²) >= 11 is 3.17. The van der Waals surface area contributed by atoms with Crippen molar-refractivity contribution in [2.45, 2.75) is 6.04 Å². The molecule has 1 aromatic carbocycles. The van der Waals surface area contributed by atoms with Crippen LogP contribution >= 0.6 is 15.9 Å². The van der Waals surface area contributed by atoms with Gasteiger partial charge in [-0.1, -0.05) is 0 Å². The number of amides is 1. The number of nitrogens with one attached hydrogen (secondary N) is 2. The summed E-state index contributed by atoms with van der Waals surface area (Å²) in [6.07, 6.45) is 0. The maximum absolute atomic E-state index is 11.8. The molecule has 18 heavy (non-hydrogen) atoms. The first kappa shape index (κ1) is 13.3. The van der Waals surface area contributed by atoms with Crippen molar-refractivity contribution in [3.05, 3.63) is 28.2 Å². The smallest absolute Gasteiger partial charge is 0.251 e. The van der Waals surface area contributed by atoms with Gasteiger partial charge in [0.1, 0.15) is 5.75 Å². The molecule has 0 aromatic heterocycles. The molecule has 1 unspecified atom stereocenters. The van der Waals surface area contributed by atoms with Crippen LogP contribution in [0, 0.1) is 0 Å². The first-order valence-electron chi connectivity index (χ1n) is 5.74. The molecule has 1 amide bonds. The largest absolute Gasteiger partial charge is 0.507 e. The van der Waals surface area contributed by atoms with Crippen LogP contribution < -0.4 is 10.6 Å². The zero-order valence-electron chi connectivity index (χ0n) is 9.78. The second kappa shape index (κ2) is 6.17. The van der Waals surface area contributed by atoms with Gasteiger partial charge in [0.05, 0.1) is 17.7 Å². The third kappa shape index (κ3) is 3.44. The molecule has 3 N–H and O–H groups in total. The topological polar surface area (TPSA) is 70.6 Å². The Morgan fingerprint density at radius 2 is 2.44 bits per heavy atom. The standard InChI is InChI=1S/C12H15BrN2O3/c13-10-2-1-8(5-11(10)16)12(17)15-6-9-7-18-4-3-14-9/h1-2,5,9,14,16H,3-4,6-7H2,(H,15,17). The van der Waals surface area contributed by atoms with Crippen molar-refractivity contribution < 1.29 is 14.6 Å². The maximum Gasteiger partial charge on any atom is 0.251 e. The van der Waals surface area contributed by atoms with Crippen LogP contribution in [-0.2, 0) is 4.74 Å². The van der Waals surface area contributed by atoms with Gasteiger partial charge < -0.3 is 20.5 Å². The third-order valence-corrected chi connectivity index (χ3v) is 3.39. The van der Waals surface area contributed by atoms with E-state index < -0.39 is 0 Å². The van der Waals surface area contributed by atoms with Crippen LogP contribution in [0.3, 0.4) is 0 Å². The molecule has 0 radical (unpaired) electrons. The van der Waals surface area contributed by atoms with Crippen LogP contribution in [0.2, 0.25) is 0 Å². The zero-order chi connectivity index (χ0) is 13.0. The molecule has 0 bridgehead atoms. The molecule has 98 valence electrons. The van der Waals surface area contributed by atoms with Crippen molar-refractivity contribution in [1.29, 1.82) is 0 Å². The number of phenols is 1. The molecule has 1 aliphatic rings. The Morgan fingerprint density at radius 1 is 1.61 bits per heavy atom. The number of rotatable bonds is 3. The van der Waals surface area contributed by atoms with Gasteiger partial charge in [0, 0.05) is 24.7 Å². The van der Waals surface area contributed by atoms with Gasteiger partial charge in [-0.05, 0) is 34.1 Å². The molecule has 6 heteroatoms. The number of benzene rings is 1. The third-order valence-electron chi connectivity index (χ3n) is 2.72. The minimum Gasteiger partial charge on any atom is -0.507 e. The second-order valence-corrected chi connectivity index (χ2v) is 4.96. The molecule has 1 saturated heterocycles. The average molecular weight is 315 g/mol. The van der Waals surface area contributed by atoms with Crippen molar-refractivity contribution in [3.8, 4) is 5.75 Å². The fraction of sp³-hybridized carbons (Fsp3) is 0.417. The van der Waals surface area contributed by atoms with Crippen LogP contribution in [0.4, 0.5) is 0 Å². The Hall–Kier alpha value is -1.11. The van der Waals surface area contributed by atoms with Crippen molar-refractivity contribution in [2.75, 3.05) is 26.3 Å². The van der Waals surface area contributed by atoms with E-state index in [1.54, 1.807) is 12.1 Å². The Bertz CT molecular complexity index is 433. The number of aromatic hydroxyl groups is 1. The van der Waals surface area contributed by atoms with E-state index in [0.717, 1.165) is 6.54 Å². The lowest BCUT2D eigenvalue weighted by atomic mass is 10.2. The van der Waals surface area contributed by atoms with Gasteiger partial charge in [-0.25, -0.2) is 0 Å². The van der Waals surface area contributed by atoms with Crippen molar-refractivity contribution in [2.24, 2.45) is 0 Å². The normalized spacial score (nSPS) is 19.5. The van der Waals surface area contributed by atoms with Crippen LogP contribution in [-0.4, -0.2) is 43.4 Å². The van der Waals surface area contributed by atoms with Crippen LogP contribution in [0.1, 0.15) is 10.4 Å². The van der Waals surface area contributed by atoms with Gasteiger partial charge in [0.2, 0.25) is 0 Å². The van der Waals surface area contributed by atoms with E-state index in [-0.39, 0.29) is 17.7 Å². The van der Waals surface area contributed by atoms with Gasteiger partial charge in [-0.15, -0.1) is 0 Å². The summed E-state index contributed by atoms with van der Waals surface area (Å²) in [6.45, 7) is 2.63. The van der Waals surface area contributed by atoms with Gasteiger partial charge in [-0.3, -0.25) is 4.79 Å². The molecule has 1 aromatic rings. The van der Waals surface area contributed by atoms with E-state index in [2.05, 4.69) is 26.6 Å². The van der Waals surface area contributed by atoms with Crippen LogP contribution in [0.5, 0.6) is 5.75 Å². The Balaban J connectivity index is 1.88. The number of ether oxygens (including phenoxy) is 1. The lowest BCUT2D eigenvalue weighted by Crippen LogP contribution is -2.48. The average Bonchev–Trinajstić information content (AvgIpc) is 2.40. The van der Waals surface area contributed by atoms with Crippen molar-refractivity contribution in [3.63, 3.8) is 0 Å². The van der Waals surface area contributed by atoms with Gasteiger partial charge in [-0.2, -0.15) is 0 Å². The molecule has 2 rings (SSSR count). The molecule has 0 spiro atoms. The summed E-state index contributed by atoms with van der Waals surface area (Å²) in [5.41, 5.74) is 0.437. The molecule has 1 atom stereocenters. The fourth-order valence-electron chi connectivity index (χ4n) is 1.72. The number of phenolic OH excluding ortho intramolecular Hbond substituents is 1. The molecular formula is C12H15BrN2O3. The number of carbonyl (C=O) groups is 1. The molecule has 1 fully saturated rings. The first-order chi connectivity index (χ1) is 8.66. The summed E-state index contributed by atoms with van der Waals surface area (Å²) in [5, 5.41) is 15.6. The summed E-state index contributed by atoms with van der Waals surface area (Å²) in [6, 6.07) is 4.88. The number of hydrogen-bond acceptors (Lipinski definition) is 4. The van der Waals surface area contributed by atoms with Crippen LogP contribution in [0.15, 0.2) is 22.7 Å². The Labute approximate surface area is 114 Å². The monoisotopic (exact) mass is 314 g/mol. The molecular weight excluding hydrogens is 300 g/mol. The molecule has 0 saturated carbocycles. The number of hydrogen-bond donors (Lipinski definition) is 3. The Kier molecular flexibility index (Phi) is 4.57. The quantitative estimate of drug-likeness (QED) is 0.774. The summed E-state index contributed by atoms with van der Waals surface area (Å²) < 4.78 is 5.87. The zero-order valence-corrected chi connectivity index (χ0v) is 11.4. The van der Waals surface area contributed by atoms with Gasteiger partial charge >= 0.3 is 0 Å². The molecule has 5 nitrogen and oxygen atoms in total. The highest BCUT2D eigenvalue weighted by Gasteiger charge is 2.14. The molecule has 1 aliphatic heterocycles. The van der Waals surface area contributed by atoms with Crippen molar-refractivity contribution in [1.82, 2.24) is 10.6 Å². The maximum atomic E-state index is 11.8. The lowest BCUT2D eigenvalue weighted by Gasteiger charge is -2.23. The summed E-state index contributed by atoms with van der Waals surface area (Å²) in [4.78, 5) is 11.8. The van der Waals surface area contributed by atoms with E-state index in [1.165, 1.54) is 6.07 Å². The second-order valence-electron chi connectivity index (χ2n) is 4.10. The first-order valence-corrected chi connectivity index (χ1v) is 6.54. The minimum atomic E-state index is -0.204. The fourth-order valence-corrected chi connectivity index (χ4v) is 1.97. The van der Waals surface area contributed by atoms with E-state index in [0.29, 0.717) is 29.8 Å². The van der Waals surface area contributed by atoms with E-state index >= 15 is 0 Å². The predicted octanol–water partition coefficient (Wildman–Crippen LogP) is 0.873. The number of morpholine rings is 1. The highest BCUT2D eigenvalue weighted by Crippen LogP contribution is 2.24. The van der Waals surface area contributed by atoms with Gasteiger partial charge in [0.15, 0.2) is 0 Å². The van der Waals surface area contributed by atoms with Crippen molar-refractivity contribution >= 4 is 21.8 Å². The highest BCUT2D eigenvalue weighted by molar-refractivity contribution is 9.10. The van der Waals surface area contributed by atoms with E-state index in [1.807, 2.05) is 0 Å². The molecule has 1 heterocycles. The minimum absolute atomic E-state index is 0.0572. The molecule has 0 aliphatic carbocycles. The SMILES string of the molecule is O=C(NCC1COCCN1)c1ccc(Br)c(O)c1. The lowest BCUT2D eigenvalue weighted by molar-refractivity contribution is 0.0734. The Morgan fingerprint density at radius 3 is 3.11 bits per heavy atom. The van der Waals surface area contributed by atoms with Gasteiger partial charge in [0.25, 0.3) is 5.91 Å². The van der Waals surface area contributed by atoms with E-state index in [4.69, 9.17) is 4.74 Å². The van der Waals surface area contributed by atoms with E-state index in [9.17, 15) is 9.90 Å². The summed E-state index contributed by atoms with van der Waals surface area (Å²) in [7, 11) is 0. The summed E-state index contributed by atoms with van der Waals surface area (Å²) in [5.74, 6) is -0.146. The van der Waals surface area contributed by atoms with Crippen LogP contribution in [0.25, 0.3) is 0 Å². The number of carbonyl (C=O) groups excluding carboxylic acids is 1. The highest BCUT2D eigenvalue weighted by atomic mass is 79.9.